The van der Waals surface area contributed by atoms with Crippen molar-refractivity contribution in [2.45, 2.75) is 174 Å². The first-order valence-corrected chi connectivity index (χ1v) is 28.1. The summed E-state index contributed by atoms with van der Waals surface area (Å²) in [5.74, 6) is 25.6. The fourth-order valence-electron chi connectivity index (χ4n) is 17.1. The van der Waals surface area contributed by atoms with Crippen LogP contribution in [0.4, 0.5) is 0 Å². The molecule has 17 rings (SSSR count). The van der Waals surface area contributed by atoms with Crippen LogP contribution < -0.4 is 0 Å². The minimum Gasteiger partial charge on any atom is -0.120 e. The first-order valence-electron chi connectivity index (χ1n) is 28.1. The van der Waals surface area contributed by atoms with Gasteiger partial charge in [0.05, 0.1) is 0 Å². The Bertz CT molecular complexity index is 2250. The molecule has 0 atom stereocenters. The molecule has 0 N–H and O–H groups in total. The molecule has 0 heteroatoms. The maximum Gasteiger partial charge on any atom is 0.0245 e. The van der Waals surface area contributed by atoms with Gasteiger partial charge in [0, 0.05) is 11.1 Å². The van der Waals surface area contributed by atoms with E-state index in [9.17, 15) is 0 Å². The third kappa shape index (κ3) is 14.6. The van der Waals surface area contributed by atoms with Crippen molar-refractivity contribution >= 4 is 0 Å². The van der Waals surface area contributed by atoms with Gasteiger partial charge in [-0.1, -0.05) is 154 Å². The van der Waals surface area contributed by atoms with Crippen LogP contribution in [0.1, 0.15) is 186 Å². The van der Waals surface area contributed by atoms with Crippen molar-refractivity contribution in [1.29, 1.82) is 0 Å². The third-order valence-electron chi connectivity index (χ3n) is 18.4. The summed E-state index contributed by atoms with van der Waals surface area (Å²) in [6, 6.07) is 54.0. The van der Waals surface area contributed by atoms with E-state index >= 15 is 0 Å². The van der Waals surface area contributed by atoms with Gasteiger partial charge in [-0.3, -0.25) is 0 Å². The second kappa shape index (κ2) is 27.8. The van der Waals surface area contributed by atoms with Gasteiger partial charge < -0.3 is 0 Å². The normalized spacial score (nSPS) is 31.2. The van der Waals surface area contributed by atoms with E-state index < -0.39 is 0 Å². The van der Waals surface area contributed by atoms with Crippen LogP contribution in [0.25, 0.3) is 0 Å². The zero-order chi connectivity index (χ0) is 50.2. The topological polar surface area (TPSA) is 0 Å². The average molecular weight is 982 g/mol. The summed E-state index contributed by atoms with van der Waals surface area (Å²) in [7, 11) is 0. The molecule has 0 radical (unpaired) electrons. The minimum absolute atomic E-state index is 0. The fraction of sp³-hybridized carbons (Fsp3) is 0.486. The van der Waals surface area contributed by atoms with Crippen LogP contribution in [0, 0.1) is 102 Å². The van der Waals surface area contributed by atoms with Gasteiger partial charge in [-0.15, -0.1) is 36.5 Å². The van der Waals surface area contributed by atoms with Crippen LogP contribution in [-0.2, 0) is 16.2 Å². The van der Waals surface area contributed by atoms with Crippen LogP contribution in [0.15, 0.2) is 152 Å². The molecule has 12 fully saturated rings. The molecule has 74 heavy (non-hydrogen) atoms. The Hall–Kier alpha value is -5.66. The van der Waals surface area contributed by atoms with E-state index in [1.165, 1.54) is 57.8 Å². The third-order valence-corrected chi connectivity index (χ3v) is 18.4. The van der Waals surface area contributed by atoms with Crippen LogP contribution >= 0.6 is 0 Å². The molecular weight excluding hydrogens is 889 g/mol. The smallest absolute Gasteiger partial charge is 0.0245 e. The molecule has 12 saturated carbocycles. The van der Waals surface area contributed by atoms with Crippen molar-refractivity contribution in [1.82, 2.24) is 0 Å². The summed E-state index contributed by atoms with van der Waals surface area (Å²) < 4.78 is 0. The maximum atomic E-state index is 4.60. The maximum absolute atomic E-state index is 4.60. The quantitative estimate of drug-likeness (QED) is 0.158. The highest BCUT2D eigenvalue weighted by Crippen LogP contribution is 2.63. The van der Waals surface area contributed by atoms with Gasteiger partial charge in [0.1, 0.15) is 0 Å². The second-order valence-electron chi connectivity index (χ2n) is 23.8. The number of rotatable bonds is 3. The molecule has 12 aliphatic carbocycles. The zero-order valence-corrected chi connectivity index (χ0v) is 44.5. The Labute approximate surface area is 453 Å². The van der Waals surface area contributed by atoms with Crippen molar-refractivity contribution in [2.24, 2.45) is 53.3 Å². The summed E-state index contributed by atoms with van der Waals surface area (Å²) in [4.78, 5) is 0. The molecule has 0 amide bonds. The van der Waals surface area contributed by atoms with Gasteiger partial charge in [-0.2, -0.15) is 0 Å². The predicted octanol–water partition coefficient (Wildman–Crippen LogP) is 19.1. The Morgan fingerprint density at radius 3 is 0.622 bits per heavy atom. The van der Waals surface area contributed by atoms with Gasteiger partial charge in [-0.05, 0) is 254 Å². The molecule has 12 aliphatic rings. The van der Waals surface area contributed by atoms with Crippen molar-refractivity contribution in [3.05, 3.63) is 179 Å². The van der Waals surface area contributed by atoms with Gasteiger partial charge >= 0.3 is 0 Å². The van der Waals surface area contributed by atoms with Gasteiger partial charge in [0.2, 0.25) is 0 Å². The summed E-state index contributed by atoms with van der Waals surface area (Å²) in [6.45, 7) is 6.99. The van der Waals surface area contributed by atoms with E-state index in [0.29, 0.717) is 16.2 Å². The Morgan fingerprint density at radius 1 is 0.297 bits per heavy atom. The molecule has 0 aromatic heterocycles. The summed E-state index contributed by atoms with van der Waals surface area (Å²) in [6.07, 6.45) is 36.5. The molecule has 388 valence electrons. The standard InChI is InChI=1S/3C16H20.2C9H8.2C3H4.2CH4/c3*1-2-4-15(5-3-1)16-9-12-6-13(10-16)8-14(7-12)11-16;2*1-2-6-9-7-4-3-5-8-9;2*1-3-2;;/h3*1-5,12-14H,6-11H2;2*3-5,7-8H,1H3;2*1H,2H3;2*1H4. The first kappa shape index (κ1) is 57.6. The summed E-state index contributed by atoms with van der Waals surface area (Å²) in [5, 5.41) is 0. The molecular formula is C74H92. The van der Waals surface area contributed by atoms with Crippen molar-refractivity contribution in [3.63, 3.8) is 0 Å². The lowest BCUT2D eigenvalue weighted by atomic mass is 9.48. The highest BCUT2D eigenvalue weighted by atomic mass is 14.6. The van der Waals surface area contributed by atoms with Crippen molar-refractivity contribution < 1.29 is 0 Å². The lowest BCUT2D eigenvalue weighted by Gasteiger charge is -2.57. The molecule has 0 spiro atoms. The molecule has 0 nitrogen and oxygen atoms in total. The highest BCUT2D eigenvalue weighted by molar-refractivity contribution is 5.35. The lowest BCUT2D eigenvalue weighted by Crippen LogP contribution is -2.48. The molecule has 0 unspecified atom stereocenters. The molecule has 5 aromatic rings. The molecule has 12 bridgehead atoms. The number of benzene rings is 5. The van der Waals surface area contributed by atoms with Crippen LogP contribution in [0.3, 0.4) is 0 Å². The van der Waals surface area contributed by atoms with Crippen molar-refractivity contribution in [3.8, 4) is 48.4 Å². The number of terminal acetylenes is 2. The van der Waals surface area contributed by atoms with Crippen LogP contribution in [-0.4, -0.2) is 0 Å². The number of hydrogen-bond donors (Lipinski definition) is 0. The predicted molar refractivity (Wildman–Crippen MR) is 319 cm³/mol. The molecule has 0 heterocycles. The molecule has 0 aliphatic heterocycles. The van der Waals surface area contributed by atoms with E-state index in [1.807, 2.05) is 74.5 Å². The Balaban J connectivity index is 0.000000149. The number of hydrogen-bond acceptors (Lipinski definition) is 0. The van der Waals surface area contributed by atoms with Crippen molar-refractivity contribution in [2.75, 3.05) is 0 Å². The van der Waals surface area contributed by atoms with E-state index in [2.05, 4.69) is 139 Å². The van der Waals surface area contributed by atoms with Gasteiger partial charge in [0.25, 0.3) is 0 Å². The Kier molecular flexibility index (Phi) is 21.6. The summed E-state index contributed by atoms with van der Waals surface area (Å²) >= 11 is 0. The van der Waals surface area contributed by atoms with E-state index in [0.717, 1.165) is 64.4 Å². The fourth-order valence-corrected chi connectivity index (χ4v) is 17.1. The van der Waals surface area contributed by atoms with Crippen LogP contribution in [0.2, 0.25) is 0 Å². The first-order chi connectivity index (χ1) is 35.2. The summed E-state index contributed by atoms with van der Waals surface area (Å²) in [5.41, 5.74) is 8.89. The van der Waals surface area contributed by atoms with E-state index in [1.54, 1.807) is 88.3 Å². The average Bonchev–Trinajstić information content (AvgIpc) is 3.39. The zero-order valence-electron chi connectivity index (χ0n) is 44.5. The largest absolute Gasteiger partial charge is 0.120 e. The minimum atomic E-state index is 0. The van der Waals surface area contributed by atoms with Gasteiger partial charge in [0.15, 0.2) is 0 Å². The lowest BCUT2D eigenvalue weighted by molar-refractivity contribution is -0.00530. The van der Waals surface area contributed by atoms with Gasteiger partial charge in [-0.25, -0.2) is 0 Å². The van der Waals surface area contributed by atoms with Crippen LogP contribution in [0.5, 0.6) is 0 Å². The molecule has 0 saturated heterocycles. The SMILES string of the molecule is C.C.C#CC.C#CC.CC#Cc1ccccc1.CC#Cc1ccccc1.c1ccc(C23CC4CC(CC(C4)C2)C3)cc1.c1ccc(C23CC4CC(CC(C4)C2)C3)cc1.c1ccc(C23CC4CC(CC(C4)C2)C3)cc1. The monoisotopic (exact) mass is 981 g/mol. The Morgan fingerprint density at radius 2 is 0.459 bits per heavy atom. The highest BCUT2D eigenvalue weighted by Gasteiger charge is 2.53. The second-order valence-corrected chi connectivity index (χ2v) is 23.8. The van der Waals surface area contributed by atoms with E-state index in [-0.39, 0.29) is 14.9 Å². The molecule has 5 aromatic carbocycles. The van der Waals surface area contributed by atoms with E-state index in [4.69, 9.17) is 0 Å².